The molecule has 0 aliphatic heterocycles. The van der Waals surface area contributed by atoms with E-state index in [1.54, 1.807) is 6.07 Å². The molecule has 1 aromatic carbocycles. The average molecular weight is 226 g/mol. The molecule has 1 rings (SSSR count). The molecule has 82 valence electrons. The molecule has 0 aromatic heterocycles. The lowest BCUT2D eigenvalue weighted by Crippen LogP contribution is -2.20. The number of nitrogens with zero attached hydrogens (tertiary/aromatic N) is 1. The number of anilines is 1. The molecule has 0 atom stereocenters. The largest absolute Gasteiger partial charge is 0.392 e. The Morgan fingerprint density at radius 3 is 2.73 bits per heavy atom. The Hall–Kier alpha value is -0.990. The standard InChI is InChI=1S/C12H16ClNO/c1-9(2)7-14(3)12-6-11(13)5-4-10(12)8-15/h4-6,15H,1,7-8H2,2-3H3. The van der Waals surface area contributed by atoms with Crippen molar-refractivity contribution < 1.29 is 5.11 Å². The van der Waals surface area contributed by atoms with Crippen LogP contribution in [0.1, 0.15) is 12.5 Å². The summed E-state index contributed by atoms with van der Waals surface area (Å²) in [7, 11) is 1.96. The molecule has 0 aliphatic carbocycles. The van der Waals surface area contributed by atoms with Gasteiger partial charge in [-0.05, 0) is 19.1 Å². The fourth-order valence-electron chi connectivity index (χ4n) is 1.52. The van der Waals surface area contributed by atoms with E-state index in [1.165, 1.54) is 0 Å². The van der Waals surface area contributed by atoms with Crippen LogP contribution in [0.2, 0.25) is 5.02 Å². The monoisotopic (exact) mass is 225 g/mol. The van der Waals surface area contributed by atoms with E-state index in [1.807, 2.05) is 31.0 Å². The van der Waals surface area contributed by atoms with Gasteiger partial charge in [0, 0.05) is 29.9 Å². The molecule has 0 saturated carbocycles. The molecule has 0 unspecified atom stereocenters. The molecule has 0 bridgehead atoms. The average Bonchev–Trinajstić information content (AvgIpc) is 2.16. The number of aliphatic hydroxyl groups excluding tert-OH is 1. The van der Waals surface area contributed by atoms with Crippen LogP contribution in [-0.4, -0.2) is 18.7 Å². The van der Waals surface area contributed by atoms with Gasteiger partial charge in [0.1, 0.15) is 0 Å². The van der Waals surface area contributed by atoms with Crippen LogP contribution in [0, 0.1) is 0 Å². The summed E-state index contributed by atoms with van der Waals surface area (Å²) in [5, 5.41) is 9.88. The predicted octanol–water partition coefficient (Wildman–Crippen LogP) is 2.84. The summed E-state index contributed by atoms with van der Waals surface area (Å²) < 4.78 is 0. The highest BCUT2D eigenvalue weighted by molar-refractivity contribution is 6.30. The van der Waals surface area contributed by atoms with Gasteiger partial charge in [0.15, 0.2) is 0 Å². The molecular weight excluding hydrogens is 210 g/mol. The summed E-state index contributed by atoms with van der Waals surface area (Å²) in [4.78, 5) is 2.03. The third-order valence-electron chi connectivity index (χ3n) is 2.14. The third kappa shape index (κ3) is 3.26. The molecular formula is C12H16ClNO. The first-order chi connectivity index (χ1) is 7.04. The smallest absolute Gasteiger partial charge is 0.0702 e. The Morgan fingerprint density at radius 1 is 1.53 bits per heavy atom. The van der Waals surface area contributed by atoms with Gasteiger partial charge < -0.3 is 10.0 Å². The zero-order valence-electron chi connectivity index (χ0n) is 9.13. The summed E-state index contributed by atoms with van der Waals surface area (Å²) in [5.74, 6) is 0. The van der Waals surface area contributed by atoms with Gasteiger partial charge in [-0.25, -0.2) is 0 Å². The molecule has 1 aromatic rings. The van der Waals surface area contributed by atoms with Crippen molar-refractivity contribution in [1.82, 2.24) is 0 Å². The van der Waals surface area contributed by atoms with Gasteiger partial charge in [-0.15, -0.1) is 0 Å². The number of hydrogen-bond donors (Lipinski definition) is 1. The minimum atomic E-state index is 0.0209. The Bertz CT molecular complexity index is 363. The van der Waals surface area contributed by atoms with Crippen LogP contribution in [-0.2, 0) is 6.61 Å². The van der Waals surface area contributed by atoms with Crippen LogP contribution in [0.5, 0.6) is 0 Å². The molecule has 0 saturated heterocycles. The number of hydrogen-bond acceptors (Lipinski definition) is 2. The zero-order valence-corrected chi connectivity index (χ0v) is 9.88. The summed E-state index contributed by atoms with van der Waals surface area (Å²) in [6, 6.07) is 5.48. The first-order valence-electron chi connectivity index (χ1n) is 4.79. The van der Waals surface area contributed by atoms with E-state index >= 15 is 0 Å². The second kappa shape index (κ2) is 5.19. The maximum Gasteiger partial charge on any atom is 0.0702 e. The molecule has 0 aliphatic rings. The van der Waals surface area contributed by atoms with Crippen molar-refractivity contribution in [2.45, 2.75) is 13.5 Å². The number of rotatable bonds is 4. The van der Waals surface area contributed by atoms with Gasteiger partial charge in [-0.2, -0.15) is 0 Å². The number of aliphatic hydroxyl groups is 1. The van der Waals surface area contributed by atoms with E-state index in [9.17, 15) is 5.11 Å². The van der Waals surface area contributed by atoms with Crippen molar-refractivity contribution in [2.24, 2.45) is 0 Å². The van der Waals surface area contributed by atoms with Crippen molar-refractivity contribution in [3.63, 3.8) is 0 Å². The molecule has 2 nitrogen and oxygen atoms in total. The molecule has 1 N–H and O–H groups in total. The lowest BCUT2D eigenvalue weighted by molar-refractivity contribution is 0.282. The van der Waals surface area contributed by atoms with Gasteiger partial charge in [-0.3, -0.25) is 0 Å². The molecule has 0 spiro atoms. The van der Waals surface area contributed by atoms with E-state index in [0.717, 1.165) is 23.4 Å². The summed E-state index contributed by atoms with van der Waals surface area (Å²) >= 11 is 5.92. The summed E-state index contributed by atoms with van der Waals surface area (Å²) in [5.41, 5.74) is 2.90. The van der Waals surface area contributed by atoms with Gasteiger partial charge >= 0.3 is 0 Å². The lowest BCUT2D eigenvalue weighted by Gasteiger charge is -2.22. The number of benzene rings is 1. The predicted molar refractivity (Wildman–Crippen MR) is 65.5 cm³/mol. The Balaban J connectivity index is 2.99. The second-order valence-electron chi connectivity index (χ2n) is 3.74. The highest BCUT2D eigenvalue weighted by Crippen LogP contribution is 2.24. The van der Waals surface area contributed by atoms with E-state index in [4.69, 9.17) is 11.6 Å². The minimum Gasteiger partial charge on any atom is -0.392 e. The second-order valence-corrected chi connectivity index (χ2v) is 4.18. The van der Waals surface area contributed by atoms with Crippen molar-refractivity contribution in [2.75, 3.05) is 18.5 Å². The third-order valence-corrected chi connectivity index (χ3v) is 2.37. The number of likely N-dealkylation sites (N-methyl/N-ethyl adjacent to an activating group) is 1. The number of halogens is 1. The van der Waals surface area contributed by atoms with Crippen molar-refractivity contribution in [3.05, 3.63) is 40.9 Å². The molecule has 3 heteroatoms. The van der Waals surface area contributed by atoms with E-state index < -0.39 is 0 Å². The quantitative estimate of drug-likeness (QED) is 0.797. The van der Waals surface area contributed by atoms with E-state index in [2.05, 4.69) is 6.58 Å². The van der Waals surface area contributed by atoms with Gasteiger partial charge in [0.2, 0.25) is 0 Å². The van der Waals surface area contributed by atoms with Crippen molar-refractivity contribution >= 4 is 17.3 Å². The zero-order chi connectivity index (χ0) is 11.4. The molecule has 0 radical (unpaired) electrons. The highest BCUT2D eigenvalue weighted by Gasteiger charge is 2.07. The normalized spacial score (nSPS) is 10.1. The Morgan fingerprint density at radius 2 is 2.20 bits per heavy atom. The first-order valence-corrected chi connectivity index (χ1v) is 5.17. The van der Waals surface area contributed by atoms with Gasteiger partial charge in [-0.1, -0.05) is 29.8 Å². The van der Waals surface area contributed by atoms with Crippen LogP contribution in [0.25, 0.3) is 0 Å². The summed E-state index contributed by atoms with van der Waals surface area (Å²) in [6.45, 7) is 6.61. The molecule has 0 amide bonds. The van der Waals surface area contributed by atoms with Crippen LogP contribution >= 0.6 is 11.6 Å². The van der Waals surface area contributed by atoms with Crippen molar-refractivity contribution in [1.29, 1.82) is 0 Å². The van der Waals surface area contributed by atoms with E-state index in [-0.39, 0.29) is 6.61 Å². The maximum absolute atomic E-state index is 9.20. The topological polar surface area (TPSA) is 23.5 Å². The van der Waals surface area contributed by atoms with Crippen LogP contribution in [0.4, 0.5) is 5.69 Å². The molecule has 15 heavy (non-hydrogen) atoms. The fourth-order valence-corrected chi connectivity index (χ4v) is 1.68. The molecule has 0 fully saturated rings. The lowest BCUT2D eigenvalue weighted by atomic mass is 10.1. The highest BCUT2D eigenvalue weighted by atomic mass is 35.5. The van der Waals surface area contributed by atoms with E-state index in [0.29, 0.717) is 5.02 Å². The van der Waals surface area contributed by atoms with Crippen LogP contribution in [0.15, 0.2) is 30.4 Å². The van der Waals surface area contributed by atoms with Gasteiger partial charge in [0.05, 0.1) is 6.61 Å². The van der Waals surface area contributed by atoms with Crippen LogP contribution < -0.4 is 4.90 Å². The summed E-state index contributed by atoms with van der Waals surface area (Å²) in [6.07, 6.45) is 0. The van der Waals surface area contributed by atoms with Crippen LogP contribution in [0.3, 0.4) is 0 Å². The fraction of sp³-hybridized carbons (Fsp3) is 0.333. The molecule has 0 heterocycles. The van der Waals surface area contributed by atoms with Gasteiger partial charge in [0.25, 0.3) is 0 Å². The minimum absolute atomic E-state index is 0.0209. The Kier molecular flexibility index (Phi) is 4.18. The Labute approximate surface area is 95.8 Å². The van der Waals surface area contributed by atoms with Crippen molar-refractivity contribution in [3.8, 4) is 0 Å². The first kappa shape index (κ1) is 12.1. The maximum atomic E-state index is 9.20. The SMILES string of the molecule is C=C(C)CN(C)c1cc(Cl)ccc1CO.